The van der Waals surface area contributed by atoms with Crippen molar-refractivity contribution in [2.24, 2.45) is 11.7 Å². The fourth-order valence-electron chi connectivity index (χ4n) is 3.35. The molecule has 2 aromatic heterocycles. The summed E-state index contributed by atoms with van der Waals surface area (Å²) in [6, 6.07) is 7.32. The Balaban J connectivity index is 1.80. The molecule has 1 aromatic carbocycles. The fourth-order valence-corrected chi connectivity index (χ4v) is 3.35. The molecule has 5 N–H and O–H groups in total. The van der Waals surface area contributed by atoms with E-state index in [0.717, 1.165) is 34.9 Å². The van der Waals surface area contributed by atoms with Crippen molar-refractivity contribution in [3.8, 4) is 11.3 Å². The third-order valence-electron chi connectivity index (χ3n) is 5.06. The Morgan fingerprint density at radius 1 is 1.11 bits per heavy atom. The van der Waals surface area contributed by atoms with Gasteiger partial charge in [0.15, 0.2) is 0 Å². The van der Waals surface area contributed by atoms with Gasteiger partial charge in [0.2, 0.25) is 11.8 Å². The molecule has 4 rings (SSSR count). The van der Waals surface area contributed by atoms with Gasteiger partial charge in [-0.1, -0.05) is 6.07 Å². The predicted octanol–water partition coefficient (Wildman–Crippen LogP) is 2.94. The number of benzene rings is 1. The molecule has 28 heavy (non-hydrogen) atoms. The van der Waals surface area contributed by atoms with Gasteiger partial charge in [-0.05, 0) is 61.4 Å². The molecule has 0 aliphatic heterocycles. The molecule has 0 atom stereocenters. The number of pyridine rings is 2. The molecule has 0 spiro atoms. The van der Waals surface area contributed by atoms with E-state index >= 15 is 0 Å². The number of carbonyl (C=O) groups is 2. The van der Waals surface area contributed by atoms with Gasteiger partial charge >= 0.3 is 0 Å². The van der Waals surface area contributed by atoms with Crippen molar-refractivity contribution in [3.63, 3.8) is 0 Å². The number of fused-ring (bicyclic) bond motifs is 1. The van der Waals surface area contributed by atoms with Gasteiger partial charge in [-0.3, -0.25) is 9.59 Å². The van der Waals surface area contributed by atoms with Crippen LogP contribution in [-0.4, -0.2) is 21.8 Å². The zero-order chi connectivity index (χ0) is 20.0. The maximum absolute atomic E-state index is 12.0. The number of amides is 2. The van der Waals surface area contributed by atoms with Crippen LogP contribution in [0, 0.1) is 19.8 Å². The number of hydrogen-bond donors (Lipinski definition) is 3. The minimum atomic E-state index is -0.484. The van der Waals surface area contributed by atoms with Crippen molar-refractivity contribution in [1.82, 2.24) is 9.97 Å². The summed E-state index contributed by atoms with van der Waals surface area (Å²) in [5, 5.41) is 4.36. The Morgan fingerprint density at radius 3 is 2.54 bits per heavy atom. The molecule has 1 saturated carbocycles. The van der Waals surface area contributed by atoms with Crippen LogP contribution < -0.4 is 16.8 Å². The van der Waals surface area contributed by atoms with Gasteiger partial charge in [0, 0.05) is 28.6 Å². The average molecular weight is 375 g/mol. The number of aryl methyl sites for hydroxylation is 2. The number of primary amides is 1. The molecular formula is C21H21N5O2. The molecule has 1 aliphatic carbocycles. The van der Waals surface area contributed by atoms with Gasteiger partial charge in [0.05, 0.1) is 5.69 Å². The molecule has 1 aliphatic rings. The number of nitrogens with one attached hydrogen (secondary N) is 1. The van der Waals surface area contributed by atoms with Gasteiger partial charge in [-0.25, -0.2) is 9.97 Å². The van der Waals surface area contributed by atoms with Crippen molar-refractivity contribution in [1.29, 1.82) is 0 Å². The quantitative estimate of drug-likeness (QED) is 0.647. The maximum atomic E-state index is 12.0. The molecule has 1 fully saturated rings. The number of aromatic nitrogens is 2. The van der Waals surface area contributed by atoms with Crippen LogP contribution in [0.5, 0.6) is 0 Å². The summed E-state index contributed by atoms with van der Waals surface area (Å²) >= 11 is 0. The van der Waals surface area contributed by atoms with Crippen molar-refractivity contribution in [2.45, 2.75) is 26.7 Å². The topological polar surface area (TPSA) is 124 Å². The lowest BCUT2D eigenvalue weighted by atomic mass is 9.96. The summed E-state index contributed by atoms with van der Waals surface area (Å²) < 4.78 is 0. The second-order valence-electron chi connectivity index (χ2n) is 7.29. The number of nitrogens with two attached hydrogens (primary N) is 2. The van der Waals surface area contributed by atoms with Crippen molar-refractivity contribution in [2.75, 3.05) is 11.1 Å². The van der Waals surface area contributed by atoms with Gasteiger partial charge in [0.25, 0.3) is 0 Å². The van der Waals surface area contributed by atoms with Gasteiger partial charge in [-0.15, -0.1) is 0 Å². The largest absolute Gasteiger partial charge is 0.383 e. The molecule has 0 bridgehead atoms. The molecule has 7 nitrogen and oxygen atoms in total. The first-order chi connectivity index (χ1) is 13.3. The minimum absolute atomic E-state index is 0.00502. The normalized spacial score (nSPS) is 13.5. The van der Waals surface area contributed by atoms with E-state index in [1.807, 2.05) is 26.0 Å². The van der Waals surface area contributed by atoms with Crippen LogP contribution in [0.1, 0.15) is 34.3 Å². The lowest BCUT2D eigenvalue weighted by Gasteiger charge is -2.12. The van der Waals surface area contributed by atoms with Crippen LogP contribution in [0.4, 0.5) is 11.6 Å². The molecule has 0 unspecified atom stereocenters. The zero-order valence-electron chi connectivity index (χ0n) is 15.7. The predicted molar refractivity (Wildman–Crippen MR) is 109 cm³/mol. The van der Waals surface area contributed by atoms with Crippen LogP contribution in [0.15, 0.2) is 30.5 Å². The number of carbonyl (C=O) groups excluding carboxylic acids is 2. The molecule has 142 valence electrons. The highest BCUT2D eigenvalue weighted by atomic mass is 16.2. The van der Waals surface area contributed by atoms with E-state index in [1.165, 1.54) is 0 Å². The molecule has 0 radical (unpaired) electrons. The first-order valence-corrected chi connectivity index (χ1v) is 9.12. The van der Waals surface area contributed by atoms with Crippen molar-refractivity contribution in [3.05, 3.63) is 47.2 Å². The Bertz CT molecular complexity index is 1140. The van der Waals surface area contributed by atoms with Crippen LogP contribution in [0.2, 0.25) is 0 Å². The third-order valence-corrected chi connectivity index (χ3v) is 5.06. The van der Waals surface area contributed by atoms with E-state index in [4.69, 9.17) is 11.5 Å². The number of nitrogen functional groups attached to an aromatic ring is 1. The first-order valence-electron chi connectivity index (χ1n) is 9.12. The van der Waals surface area contributed by atoms with E-state index < -0.39 is 5.91 Å². The van der Waals surface area contributed by atoms with E-state index in [1.54, 1.807) is 18.3 Å². The third kappa shape index (κ3) is 3.26. The van der Waals surface area contributed by atoms with E-state index in [9.17, 15) is 9.59 Å². The summed E-state index contributed by atoms with van der Waals surface area (Å²) in [6.07, 6.45) is 3.46. The summed E-state index contributed by atoms with van der Waals surface area (Å²) in [6.45, 7) is 3.79. The lowest BCUT2D eigenvalue weighted by Crippen LogP contribution is -2.14. The summed E-state index contributed by atoms with van der Waals surface area (Å²) in [4.78, 5) is 32.5. The van der Waals surface area contributed by atoms with Crippen LogP contribution in [0.3, 0.4) is 0 Å². The van der Waals surface area contributed by atoms with Gasteiger partial charge in [-0.2, -0.15) is 0 Å². The molecule has 2 amide bonds. The maximum Gasteiger partial charge on any atom is 0.248 e. The monoisotopic (exact) mass is 375 g/mol. The first kappa shape index (κ1) is 17.9. The van der Waals surface area contributed by atoms with Crippen molar-refractivity contribution < 1.29 is 9.59 Å². The van der Waals surface area contributed by atoms with E-state index in [2.05, 4.69) is 15.3 Å². The van der Waals surface area contributed by atoms with Gasteiger partial charge < -0.3 is 16.8 Å². The number of rotatable bonds is 4. The summed E-state index contributed by atoms with van der Waals surface area (Å²) in [5.41, 5.74) is 15.3. The van der Waals surface area contributed by atoms with Crippen molar-refractivity contribution >= 4 is 34.2 Å². The average Bonchev–Trinajstić information content (AvgIpc) is 3.46. The summed E-state index contributed by atoms with van der Waals surface area (Å²) in [7, 11) is 0. The molecule has 2 heterocycles. The highest BCUT2D eigenvalue weighted by Gasteiger charge is 2.29. The van der Waals surface area contributed by atoms with Gasteiger partial charge in [0.1, 0.15) is 11.6 Å². The fraction of sp³-hybridized carbons (Fsp3) is 0.238. The highest BCUT2D eigenvalue weighted by molar-refractivity contribution is 5.99. The zero-order valence-corrected chi connectivity index (χ0v) is 15.7. The van der Waals surface area contributed by atoms with Crippen LogP contribution in [0.25, 0.3) is 22.0 Å². The second kappa shape index (κ2) is 6.60. The molecular weight excluding hydrogens is 354 g/mol. The SMILES string of the molecule is Cc1cc(C)c(-c2cc3cc(NC(=O)C4CC4)ncc3c(N)n2)cc1C(N)=O. The Kier molecular flexibility index (Phi) is 4.22. The Morgan fingerprint density at radius 2 is 1.86 bits per heavy atom. The Hall–Kier alpha value is -3.48. The lowest BCUT2D eigenvalue weighted by molar-refractivity contribution is -0.117. The minimum Gasteiger partial charge on any atom is -0.383 e. The second-order valence-corrected chi connectivity index (χ2v) is 7.29. The van der Waals surface area contributed by atoms with E-state index in [0.29, 0.717) is 28.3 Å². The van der Waals surface area contributed by atoms with Crippen LogP contribution >= 0.6 is 0 Å². The molecule has 0 saturated heterocycles. The standard InChI is InChI=1S/C21H21N5O2/c1-10-5-11(2)15(20(23)27)8-14(10)17-6-13-7-18(26-21(28)12-3-4-12)24-9-16(13)19(22)25-17/h5-9,12H,3-4H2,1-2H3,(H2,22,25)(H2,23,27)(H,24,26,28). The highest BCUT2D eigenvalue weighted by Crippen LogP contribution is 2.32. The molecule has 7 heteroatoms. The summed E-state index contributed by atoms with van der Waals surface area (Å²) in [5.74, 6) is 0.425. The molecule has 3 aromatic rings. The van der Waals surface area contributed by atoms with Crippen LogP contribution in [-0.2, 0) is 4.79 Å². The smallest absolute Gasteiger partial charge is 0.248 e. The van der Waals surface area contributed by atoms with E-state index in [-0.39, 0.29) is 11.8 Å². The number of anilines is 2. The number of nitrogens with zero attached hydrogens (tertiary/aromatic N) is 2. The number of hydrogen-bond acceptors (Lipinski definition) is 5. The Labute approximate surface area is 162 Å².